The summed E-state index contributed by atoms with van der Waals surface area (Å²) >= 11 is 0. The second-order valence-corrected chi connectivity index (χ2v) is 10.4. The number of rotatable bonds is 12. The van der Waals surface area contributed by atoms with Crippen LogP contribution in [0, 0.1) is 11.8 Å². The largest absolute Gasteiger partial charge is 0.493 e. The number of methoxy groups -OCH3 is 1. The van der Waals surface area contributed by atoms with Gasteiger partial charge in [-0.2, -0.15) is 0 Å². The van der Waals surface area contributed by atoms with E-state index in [1.54, 1.807) is 7.11 Å². The van der Waals surface area contributed by atoms with Gasteiger partial charge in [0.2, 0.25) is 5.91 Å². The van der Waals surface area contributed by atoms with E-state index in [0.29, 0.717) is 18.4 Å². The fraction of sp³-hybridized carbons (Fsp3) is 0.406. The normalized spacial score (nSPS) is 17.3. The fourth-order valence-electron chi connectivity index (χ4n) is 5.28. The molecule has 0 saturated heterocycles. The lowest BCUT2D eigenvalue weighted by atomic mass is 9.82. The van der Waals surface area contributed by atoms with E-state index in [1.165, 1.54) is 43.7 Å². The number of carbonyl (C=O) groups is 1. The summed E-state index contributed by atoms with van der Waals surface area (Å²) in [7, 11) is 1.69. The first-order chi connectivity index (χ1) is 18.5. The Labute approximate surface area is 227 Å². The van der Waals surface area contributed by atoms with Crippen molar-refractivity contribution in [2.24, 2.45) is 17.6 Å². The molecule has 1 fully saturated rings. The molecule has 0 radical (unpaired) electrons. The lowest BCUT2D eigenvalue weighted by Crippen LogP contribution is -2.32. The number of anilines is 1. The van der Waals surface area contributed by atoms with Crippen LogP contribution >= 0.6 is 0 Å². The van der Waals surface area contributed by atoms with E-state index >= 15 is 0 Å². The van der Waals surface area contributed by atoms with Crippen molar-refractivity contribution < 1.29 is 14.3 Å². The van der Waals surface area contributed by atoms with Crippen molar-refractivity contribution in [3.63, 3.8) is 0 Å². The summed E-state index contributed by atoms with van der Waals surface area (Å²) in [6, 6.07) is 24.6. The van der Waals surface area contributed by atoms with E-state index in [1.807, 2.05) is 36.4 Å². The quantitative estimate of drug-likeness (QED) is 0.309. The number of nitrogens with two attached hydrogens (primary N) is 1. The molecule has 1 aliphatic rings. The molecule has 1 amide bonds. The van der Waals surface area contributed by atoms with E-state index in [-0.39, 0.29) is 5.91 Å². The average molecular weight is 516 g/mol. The number of ether oxygens (including phenoxy) is 2. The molecule has 3 aromatic rings. The number of carbonyl (C=O) groups excluding carboxylic acids is 1. The molecule has 0 bridgehead atoms. The van der Waals surface area contributed by atoms with Gasteiger partial charge in [0, 0.05) is 32.2 Å². The molecule has 0 aliphatic heterocycles. The summed E-state index contributed by atoms with van der Waals surface area (Å²) in [5, 5.41) is 2.85. The molecule has 1 aliphatic carbocycles. The first kappa shape index (κ1) is 27.7. The third-order valence-electron chi connectivity index (χ3n) is 7.37. The summed E-state index contributed by atoms with van der Waals surface area (Å²) in [5.41, 5.74) is 10.3. The highest BCUT2D eigenvalue weighted by molar-refractivity contribution is 5.88. The van der Waals surface area contributed by atoms with Gasteiger partial charge < -0.3 is 20.5 Å². The second kappa shape index (κ2) is 14.0. The zero-order valence-corrected chi connectivity index (χ0v) is 22.7. The highest BCUT2D eigenvalue weighted by Gasteiger charge is 2.23. The minimum Gasteiger partial charge on any atom is -0.493 e. The average Bonchev–Trinajstić information content (AvgIpc) is 2.94. The van der Waals surface area contributed by atoms with E-state index in [2.05, 4.69) is 46.6 Å². The maximum Gasteiger partial charge on any atom is 0.221 e. The number of amides is 1. The van der Waals surface area contributed by atoms with Crippen LogP contribution in [0.3, 0.4) is 0 Å². The first-order valence-corrected chi connectivity index (χ1v) is 13.6. The van der Waals surface area contributed by atoms with Crippen LogP contribution in [0.2, 0.25) is 0 Å². The zero-order valence-electron chi connectivity index (χ0n) is 22.7. The number of nitrogens with one attached hydrogen (secondary N) is 1. The Hall–Kier alpha value is -3.35. The number of hydrogen-bond acceptors (Lipinski definition) is 5. The van der Waals surface area contributed by atoms with Crippen LogP contribution in [0.5, 0.6) is 11.5 Å². The Morgan fingerprint density at radius 3 is 2.18 bits per heavy atom. The van der Waals surface area contributed by atoms with Gasteiger partial charge >= 0.3 is 0 Å². The van der Waals surface area contributed by atoms with Gasteiger partial charge in [0.05, 0.1) is 7.11 Å². The Bertz CT molecular complexity index is 1140. The van der Waals surface area contributed by atoms with E-state index < -0.39 is 0 Å². The number of nitrogens with zero attached hydrogens (tertiary/aromatic N) is 1. The van der Waals surface area contributed by atoms with Gasteiger partial charge in [0.1, 0.15) is 6.61 Å². The molecule has 0 heterocycles. The molecule has 0 aromatic heterocycles. The van der Waals surface area contributed by atoms with Crippen molar-refractivity contribution in [3.05, 3.63) is 89.5 Å². The molecule has 4 rings (SSSR count). The van der Waals surface area contributed by atoms with Crippen LogP contribution in [-0.4, -0.2) is 31.0 Å². The minimum absolute atomic E-state index is 0.0578. The fourth-order valence-corrected chi connectivity index (χ4v) is 5.28. The lowest BCUT2D eigenvalue weighted by molar-refractivity contribution is -0.114. The summed E-state index contributed by atoms with van der Waals surface area (Å²) in [6.45, 7) is 5.53. The Morgan fingerprint density at radius 2 is 1.53 bits per heavy atom. The van der Waals surface area contributed by atoms with Crippen LogP contribution in [0.15, 0.2) is 72.8 Å². The maximum atomic E-state index is 11.4. The monoisotopic (exact) mass is 515 g/mol. The van der Waals surface area contributed by atoms with Gasteiger partial charge in [-0.15, -0.1) is 0 Å². The summed E-state index contributed by atoms with van der Waals surface area (Å²) in [6.07, 6.45) is 4.91. The van der Waals surface area contributed by atoms with Crippen LogP contribution in [0.25, 0.3) is 0 Å². The molecule has 6 heteroatoms. The highest BCUT2D eigenvalue weighted by atomic mass is 16.5. The SMILES string of the molecule is COc1cc(CN(Cc2ccc(NC(C)=O)cc2)CC2CCC(CN)CC2)ccc1OCc1ccccc1. The lowest BCUT2D eigenvalue weighted by Gasteiger charge is -2.32. The van der Waals surface area contributed by atoms with Crippen LogP contribution in [-0.2, 0) is 24.5 Å². The van der Waals surface area contributed by atoms with Gasteiger partial charge in [-0.25, -0.2) is 0 Å². The van der Waals surface area contributed by atoms with Crippen molar-refractivity contribution in [1.82, 2.24) is 4.90 Å². The maximum absolute atomic E-state index is 11.4. The predicted molar refractivity (Wildman–Crippen MR) is 153 cm³/mol. The Kier molecular flexibility index (Phi) is 10.2. The molecular formula is C32H41N3O3. The predicted octanol–water partition coefficient (Wildman–Crippen LogP) is 6.00. The topological polar surface area (TPSA) is 76.8 Å². The van der Waals surface area contributed by atoms with E-state index in [9.17, 15) is 4.79 Å². The number of benzene rings is 3. The van der Waals surface area contributed by atoms with Crippen LogP contribution in [0.1, 0.15) is 49.3 Å². The van der Waals surface area contributed by atoms with Crippen LogP contribution in [0.4, 0.5) is 5.69 Å². The van der Waals surface area contributed by atoms with Crippen molar-refractivity contribution >= 4 is 11.6 Å². The first-order valence-electron chi connectivity index (χ1n) is 13.6. The standard InChI is InChI=1S/C32H41N3O3/c1-24(36)34-30-15-12-27(13-16-30)21-35(20-26-10-8-25(19-33)9-11-26)22-29-14-17-31(32(18-29)37-2)38-23-28-6-4-3-5-7-28/h3-7,12-18,25-26H,8-11,19-23,33H2,1-2H3,(H,34,36). The van der Waals surface area contributed by atoms with Gasteiger partial charge in [-0.05, 0) is 85.0 Å². The molecule has 0 spiro atoms. The van der Waals surface area contributed by atoms with E-state index in [4.69, 9.17) is 15.2 Å². The van der Waals surface area contributed by atoms with Crippen molar-refractivity contribution in [1.29, 1.82) is 0 Å². The Morgan fingerprint density at radius 1 is 0.868 bits per heavy atom. The molecule has 202 valence electrons. The summed E-state index contributed by atoms with van der Waals surface area (Å²) in [4.78, 5) is 13.9. The van der Waals surface area contributed by atoms with Gasteiger partial charge in [0.25, 0.3) is 0 Å². The summed E-state index contributed by atoms with van der Waals surface area (Å²) < 4.78 is 11.8. The molecule has 3 N–H and O–H groups in total. The third-order valence-corrected chi connectivity index (χ3v) is 7.37. The molecule has 1 saturated carbocycles. The number of hydrogen-bond donors (Lipinski definition) is 2. The summed E-state index contributed by atoms with van der Waals surface area (Å²) in [5.74, 6) is 2.79. The second-order valence-electron chi connectivity index (χ2n) is 10.4. The smallest absolute Gasteiger partial charge is 0.221 e. The molecular weight excluding hydrogens is 474 g/mol. The molecule has 0 atom stereocenters. The van der Waals surface area contributed by atoms with Gasteiger partial charge in [0.15, 0.2) is 11.5 Å². The molecule has 38 heavy (non-hydrogen) atoms. The zero-order chi connectivity index (χ0) is 26.7. The minimum atomic E-state index is -0.0578. The van der Waals surface area contributed by atoms with Crippen molar-refractivity contribution in [3.8, 4) is 11.5 Å². The van der Waals surface area contributed by atoms with Crippen molar-refractivity contribution in [2.75, 3.05) is 25.5 Å². The van der Waals surface area contributed by atoms with Gasteiger partial charge in [-0.1, -0.05) is 48.5 Å². The molecule has 3 aromatic carbocycles. The van der Waals surface area contributed by atoms with Gasteiger partial charge in [-0.3, -0.25) is 9.69 Å². The Balaban J connectivity index is 1.45. The van der Waals surface area contributed by atoms with Crippen LogP contribution < -0.4 is 20.5 Å². The van der Waals surface area contributed by atoms with Crippen molar-refractivity contribution in [2.45, 2.75) is 52.3 Å². The third kappa shape index (κ3) is 8.33. The molecule has 0 unspecified atom stereocenters. The molecule has 6 nitrogen and oxygen atoms in total. The highest BCUT2D eigenvalue weighted by Crippen LogP contribution is 2.32. The van der Waals surface area contributed by atoms with E-state index in [0.717, 1.165) is 48.9 Å².